The van der Waals surface area contributed by atoms with E-state index < -0.39 is 0 Å². The average Bonchev–Trinajstić information content (AvgIpc) is 3.19. The summed E-state index contributed by atoms with van der Waals surface area (Å²) in [6.07, 6.45) is 4.14. The van der Waals surface area contributed by atoms with Crippen molar-refractivity contribution in [2.75, 3.05) is 43.1 Å². The second-order valence-electron chi connectivity index (χ2n) is 6.04. The van der Waals surface area contributed by atoms with Gasteiger partial charge in [-0.3, -0.25) is 4.99 Å². The first-order valence-corrected chi connectivity index (χ1v) is 9.97. The van der Waals surface area contributed by atoms with Crippen molar-refractivity contribution in [3.63, 3.8) is 0 Å². The van der Waals surface area contributed by atoms with E-state index in [0.29, 0.717) is 0 Å². The Morgan fingerprint density at radius 3 is 2.42 bits per heavy atom. The number of rotatable bonds is 6. The summed E-state index contributed by atoms with van der Waals surface area (Å²) < 4.78 is 2.15. The molecule has 2 N–H and O–H groups in total. The van der Waals surface area contributed by atoms with Crippen LogP contribution in [0.25, 0.3) is 0 Å². The Hall–Kier alpha value is -1.35. The van der Waals surface area contributed by atoms with Crippen molar-refractivity contribution in [1.82, 2.24) is 15.2 Å². The minimum atomic E-state index is 0. The molecule has 0 bridgehead atoms. The first kappa shape index (κ1) is 21.0. The molecule has 1 saturated heterocycles. The topological polar surface area (TPSA) is 44.6 Å². The fourth-order valence-electron chi connectivity index (χ4n) is 2.88. The molecule has 142 valence electrons. The molecule has 0 atom stereocenters. The van der Waals surface area contributed by atoms with Crippen LogP contribution >= 0.6 is 35.7 Å². The van der Waals surface area contributed by atoms with Crippen LogP contribution in [-0.4, -0.2) is 48.7 Å². The summed E-state index contributed by atoms with van der Waals surface area (Å²) in [4.78, 5) is 6.76. The van der Waals surface area contributed by atoms with Crippen molar-refractivity contribution in [1.29, 1.82) is 0 Å². The number of halogens is 1. The Kier molecular flexibility index (Phi) is 9.17. The molecule has 0 unspecified atom stereocenters. The van der Waals surface area contributed by atoms with Gasteiger partial charge in [0.15, 0.2) is 5.96 Å². The monoisotopic (exact) mass is 485 g/mol. The molecule has 0 amide bonds. The molecular weight excluding hydrogens is 457 g/mol. The molecule has 0 saturated carbocycles. The molecular formula is C19H28IN5S. The van der Waals surface area contributed by atoms with Crippen LogP contribution in [0.3, 0.4) is 0 Å². The van der Waals surface area contributed by atoms with E-state index in [0.717, 1.165) is 38.7 Å². The minimum Gasteiger partial charge on any atom is -0.370 e. The lowest BCUT2D eigenvalue weighted by atomic mass is 10.2. The van der Waals surface area contributed by atoms with E-state index in [1.807, 2.05) is 30.9 Å². The van der Waals surface area contributed by atoms with Crippen molar-refractivity contribution in [2.24, 2.45) is 4.99 Å². The molecule has 1 fully saturated rings. The summed E-state index contributed by atoms with van der Waals surface area (Å²) in [6, 6.07) is 13.0. The fraction of sp³-hybridized carbons (Fsp3) is 0.421. The van der Waals surface area contributed by atoms with Crippen molar-refractivity contribution >= 4 is 47.4 Å². The smallest absolute Gasteiger partial charge is 0.191 e. The molecule has 1 aliphatic heterocycles. The number of thioether (sulfide) groups is 1. The summed E-state index contributed by atoms with van der Waals surface area (Å²) >= 11 is 2.04. The Balaban J connectivity index is 0.00000243. The Morgan fingerprint density at radius 2 is 1.77 bits per heavy atom. The number of guanidine groups is 1. The molecule has 2 heterocycles. The van der Waals surface area contributed by atoms with Gasteiger partial charge < -0.3 is 20.1 Å². The fourth-order valence-corrected chi connectivity index (χ4v) is 3.78. The zero-order valence-corrected chi connectivity index (χ0v) is 18.4. The van der Waals surface area contributed by atoms with Gasteiger partial charge in [0.2, 0.25) is 0 Å². The number of anilines is 1. The van der Waals surface area contributed by atoms with E-state index in [1.54, 1.807) is 0 Å². The lowest BCUT2D eigenvalue weighted by Gasteiger charge is -2.28. The third kappa shape index (κ3) is 6.42. The second-order valence-corrected chi connectivity index (χ2v) is 7.26. The zero-order valence-electron chi connectivity index (χ0n) is 15.2. The molecule has 7 heteroatoms. The van der Waals surface area contributed by atoms with Crippen molar-refractivity contribution in [3.8, 4) is 0 Å². The van der Waals surface area contributed by atoms with Gasteiger partial charge in [0.1, 0.15) is 0 Å². The van der Waals surface area contributed by atoms with Crippen LogP contribution in [0.2, 0.25) is 0 Å². The summed E-state index contributed by atoms with van der Waals surface area (Å²) in [5, 5.41) is 6.73. The average molecular weight is 485 g/mol. The molecule has 1 aliphatic rings. The number of aliphatic imine (C=N–C) groups is 1. The molecule has 0 spiro atoms. The van der Waals surface area contributed by atoms with E-state index in [-0.39, 0.29) is 24.0 Å². The van der Waals surface area contributed by atoms with Gasteiger partial charge in [-0.15, -0.1) is 24.0 Å². The zero-order chi connectivity index (χ0) is 17.3. The molecule has 5 nitrogen and oxygen atoms in total. The molecule has 3 rings (SSSR count). The number of nitrogens with zero attached hydrogens (tertiary/aromatic N) is 3. The Bertz CT molecular complexity index is 651. The van der Waals surface area contributed by atoms with Crippen LogP contribution in [0.4, 0.5) is 5.69 Å². The molecule has 2 aromatic rings. The normalized spacial score (nSPS) is 14.7. The minimum absolute atomic E-state index is 0. The van der Waals surface area contributed by atoms with Crippen molar-refractivity contribution < 1.29 is 0 Å². The van der Waals surface area contributed by atoms with E-state index in [4.69, 9.17) is 0 Å². The quantitative estimate of drug-likeness (QED) is 0.375. The van der Waals surface area contributed by atoms with E-state index in [2.05, 4.69) is 61.8 Å². The predicted molar refractivity (Wildman–Crippen MR) is 124 cm³/mol. The Morgan fingerprint density at radius 1 is 1.08 bits per heavy atom. The summed E-state index contributed by atoms with van der Waals surface area (Å²) in [6.45, 7) is 4.86. The number of hydrogen-bond acceptors (Lipinski definition) is 3. The summed E-state index contributed by atoms with van der Waals surface area (Å²) in [7, 11) is 1.81. The number of aromatic nitrogens is 1. The van der Waals surface area contributed by atoms with E-state index >= 15 is 0 Å². The molecule has 1 aromatic heterocycles. The predicted octanol–water partition coefficient (Wildman–Crippen LogP) is 3.02. The van der Waals surface area contributed by atoms with Crippen LogP contribution in [0.1, 0.15) is 5.56 Å². The van der Waals surface area contributed by atoms with Gasteiger partial charge >= 0.3 is 0 Å². The van der Waals surface area contributed by atoms with Gasteiger partial charge in [0, 0.05) is 69.4 Å². The van der Waals surface area contributed by atoms with E-state index in [9.17, 15) is 0 Å². The maximum atomic E-state index is 4.29. The van der Waals surface area contributed by atoms with Gasteiger partial charge in [0.25, 0.3) is 0 Å². The van der Waals surface area contributed by atoms with Crippen LogP contribution in [0.15, 0.2) is 53.8 Å². The highest BCUT2D eigenvalue weighted by Gasteiger charge is 2.10. The molecule has 0 aliphatic carbocycles. The highest BCUT2D eigenvalue weighted by atomic mass is 127. The molecule has 26 heavy (non-hydrogen) atoms. The van der Waals surface area contributed by atoms with Crippen LogP contribution in [0, 0.1) is 0 Å². The number of hydrogen-bond donors (Lipinski definition) is 2. The van der Waals surface area contributed by atoms with E-state index in [1.165, 1.54) is 22.8 Å². The third-order valence-corrected chi connectivity index (χ3v) is 5.27. The maximum absolute atomic E-state index is 4.29. The van der Waals surface area contributed by atoms with Crippen LogP contribution < -0.4 is 15.5 Å². The standard InChI is InChI=1S/C19H27N5S.HI/c1-20-19(21-8-11-23-9-2-3-10-23)22-16-17-4-6-18(7-5-17)24-12-14-25-15-13-24;/h2-7,9-10H,8,11-16H2,1H3,(H2,20,21,22);1H. The molecule has 1 aromatic carbocycles. The maximum Gasteiger partial charge on any atom is 0.191 e. The van der Waals surface area contributed by atoms with Gasteiger partial charge in [-0.25, -0.2) is 0 Å². The second kappa shape index (κ2) is 11.4. The lowest BCUT2D eigenvalue weighted by molar-refractivity contribution is 0.665. The van der Waals surface area contributed by atoms with Gasteiger partial charge in [-0.05, 0) is 29.8 Å². The highest BCUT2D eigenvalue weighted by Crippen LogP contribution is 2.19. The van der Waals surface area contributed by atoms with Crippen molar-refractivity contribution in [2.45, 2.75) is 13.1 Å². The number of nitrogens with one attached hydrogen (secondary N) is 2. The van der Waals surface area contributed by atoms with Crippen LogP contribution in [0.5, 0.6) is 0 Å². The Labute approximate surface area is 177 Å². The molecule has 0 radical (unpaired) electrons. The van der Waals surface area contributed by atoms with Crippen LogP contribution in [-0.2, 0) is 13.1 Å². The summed E-state index contributed by atoms with van der Waals surface area (Å²) in [5.74, 6) is 3.30. The van der Waals surface area contributed by atoms with Crippen molar-refractivity contribution in [3.05, 3.63) is 54.4 Å². The SMILES string of the molecule is CN=C(NCCn1cccc1)NCc1ccc(N2CCSCC2)cc1.I. The largest absolute Gasteiger partial charge is 0.370 e. The first-order chi connectivity index (χ1) is 12.3. The first-order valence-electron chi connectivity index (χ1n) is 8.82. The van der Waals surface area contributed by atoms with Gasteiger partial charge in [0.05, 0.1) is 0 Å². The highest BCUT2D eigenvalue weighted by molar-refractivity contribution is 14.0. The lowest BCUT2D eigenvalue weighted by Crippen LogP contribution is -2.38. The third-order valence-electron chi connectivity index (χ3n) is 4.32. The van der Waals surface area contributed by atoms with Gasteiger partial charge in [-0.2, -0.15) is 11.8 Å². The van der Waals surface area contributed by atoms with Gasteiger partial charge in [-0.1, -0.05) is 12.1 Å². The summed E-state index contributed by atoms with van der Waals surface area (Å²) in [5.41, 5.74) is 2.60. The number of benzene rings is 1.